The van der Waals surface area contributed by atoms with E-state index in [0.29, 0.717) is 55.6 Å². The van der Waals surface area contributed by atoms with E-state index in [4.69, 9.17) is 4.74 Å². The highest BCUT2D eigenvalue weighted by atomic mass is 19.4. The molecule has 1 aliphatic rings. The summed E-state index contributed by atoms with van der Waals surface area (Å²) < 4.78 is 58.8. The highest BCUT2D eigenvalue weighted by molar-refractivity contribution is 5.83. The van der Waals surface area contributed by atoms with E-state index in [1.165, 1.54) is 6.07 Å². The molecule has 0 N–H and O–H groups in total. The number of anilines is 1. The first-order valence-electron chi connectivity index (χ1n) is 9.68. The molecule has 3 aromatic rings. The van der Waals surface area contributed by atoms with Gasteiger partial charge in [-0.25, -0.2) is 19.3 Å². The third-order valence-electron chi connectivity index (χ3n) is 4.78. The van der Waals surface area contributed by atoms with Gasteiger partial charge in [0.05, 0.1) is 32.3 Å². The fourth-order valence-corrected chi connectivity index (χ4v) is 3.50. The zero-order chi connectivity index (χ0) is 22.0. The molecule has 0 amide bonds. The lowest BCUT2D eigenvalue weighted by molar-refractivity contribution is -0.140. The summed E-state index contributed by atoms with van der Waals surface area (Å²) >= 11 is 0. The third kappa shape index (κ3) is 5.25. The van der Waals surface area contributed by atoms with Crippen molar-refractivity contribution >= 4 is 17.0 Å². The first kappa shape index (κ1) is 21.4. The molecular formula is C19H21F4N7O. The van der Waals surface area contributed by atoms with Crippen LogP contribution in [0, 0.1) is 5.82 Å². The molecule has 166 valence electrons. The summed E-state index contributed by atoms with van der Waals surface area (Å²) in [5, 5.41) is 0. The van der Waals surface area contributed by atoms with Crippen molar-refractivity contribution in [1.29, 1.82) is 0 Å². The first-order chi connectivity index (χ1) is 14.8. The quantitative estimate of drug-likeness (QED) is 0.546. The number of hydrogen-bond acceptors (Lipinski definition) is 7. The van der Waals surface area contributed by atoms with E-state index in [0.717, 1.165) is 17.1 Å². The molecule has 4 heterocycles. The smallest absolute Gasteiger partial charge is 0.378 e. The van der Waals surface area contributed by atoms with Crippen LogP contribution in [0.15, 0.2) is 24.8 Å². The maximum atomic E-state index is 13.4. The van der Waals surface area contributed by atoms with Crippen LogP contribution in [-0.2, 0) is 24.4 Å². The minimum Gasteiger partial charge on any atom is -0.378 e. The minimum absolute atomic E-state index is 0.129. The average Bonchev–Trinajstić information content (AvgIpc) is 3.09. The van der Waals surface area contributed by atoms with E-state index in [1.807, 2.05) is 9.80 Å². The molecule has 1 saturated heterocycles. The zero-order valence-electron chi connectivity index (χ0n) is 16.8. The van der Waals surface area contributed by atoms with Crippen LogP contribution in [0.3, 0.4) is 0 Å². The number of morpholine rings is 1. The van der Waals surface area contributed by atoms with Gasteiger partial charge in [-0.05, 0) is 18.7 Å². The molecule has 0 unspecified atom stereocenters. The molecule has 0 bridgehead atoms. The molecule has 4 rings (SSSR count). The average molecular weight is 439 g/mol. The number of hydrogen-bond donors (Lipinski definition) is 0. The van der Waals surface area contributed by atoms with Crippen LogP contribution in [0.1, 0.15) is 11.4 Å². The third-order valence-corrected chi connectivity index (χ3v) is 4.78. The number of rotatable bonds is 6. The Hall–Kier alpha value is -2.86. The number of nitrogens with zero attached hydrogens (tertiary/aromatic N) is 7. The van der Waals surface area contributed by atoms with Crippen LogP contribution >= 0.6 is 0 Å². The van der Waals surface area contributed by atoms with Gasteiger partial charge in [0.1, 0.15) is 18.2 Å². The number of halogens is 4. The highest BCUT2D eigenvalue weighted by Gasteiger charge is 2.30. The van der Waals surface area contributed by atoms with Crippen LogP contribution in [0.25, 0.3) is 11.2 Å². The van der Waals surface area contributed by atoms with Crippen LogP contribution in [0.4, 0.5) is 23.4 Å². The van der Waals surface area contributed by atoms with E-state index in [9.17, 15) is 17.6 Å². The molecule has 0 radical (unpaired) electrons. The summed E-state index contributed by atoms with van der Waals surface area (Å²) in [5.41, 5.74) is 1.12. The summed E-state index contributed by atoms with van der Waals surface area (Å²) in [6.07, 6.45) is -0.583. The molecule has 1 fully saturated rings. The minimum atomic E-state index is -4.40. The Morgan fingerprint density at radius 3 is 2.61 bits per heavy atom. The summed E-state index contributed by atoms with van der Waals surface area (Å²) in [5.74, 6) is 0.407. The maximum Gasteiger partial charge on any atom is 0.406 e. The summed E-state index contributed by atoms with van der Waals surface area (Å²) in [6, 6.07) is 1.38. The van der Waals surface area contributed by atoms with Gasteiger partial charge in [-0.15, -0.1) is 0 Å². The van der Waals surface area contributed by atoms with Gasteiger partial charge in [0.2, 0.25) is 0 Å². The molecule has 0 atom stereocenters. The number of pyridine rings is 1. The van der Waals surface area contributed by atoms with Crippen molar-refractivity contribution in [3.63, 3.8) is 0 Å². The lowest BCUT2D eigenvalue weighted by Crippen LogP contribution is -2.37. The van der Waals surface area contributed by atoms with Crippen LogP contribution in [0.2, 0.25) is 0 Å². The van der Waals surface area contributed by atoms with E-state index in [2.05, 4.69) is 19.9 Å². The fourth-order valence-electron chi connectivity index (χ4n) is 3.50. The second-order valence-corrected chi connectivity index (χ2v) is 7.41. The lowest BCUT2D eigenvalue weighted by atomic mass is 10.2. The van der Waals surface area contributed by atoms with Gasteiger partial charge >= 0.3 is 6.18 Å². The summed E-state index contributed by atoms with van der Waals surface area (Å²) in [4.78, 5) is 20.8. The zero-order valence-corrected chi connectivity index (χ0v) is 16.8. The predicted octanol–water partition coefficient (Wildman–Crippen LogP) is 2.39. The Morgan fingerprint density at radius 1 is 1.13 bits per heavy atom. The first-order valence-corrected chi connectivity index (χ1v) is 9.68. The Kier molecular flexibility index (Phi) is 6.01. The van der Waals surface area contributed by atoms with E-state index in [-0.39, 0.29) is 12.2 Å². The maximum absolute atomic E-state index is 13.4. The van der Waals surface area contributed by atoms with Crippen molar-refractivity contribution in [2.75, 3.05) is 38.3 Å². The van der Waals surface area contributed by atoms with E-state index < -0.39 is 18.5 Å². The van der Waals surface area contributed by atoms with Crippen molar-refractivity contribution in [2.45, 2.75) is 25.8 Å². The topological polar surface area (TPSA) is 72.2 Å². The molecule has 31 heavy (non-hydrogen) atoms. The van der Waals surface area contributed by atoms with Gasteiger partial charge in [0.15, 0.2) is 17.0 Å². The molecule has 8 nitrogen and oxygen atoms in total. The van der Waals surface area contributed by atoms with Crippen LogP contribution in [0.5, 0.6) is 0 Å². The number of alkyl halides is 3. The van der Waals surface area contributed by atoms with E-state index in [1.54, 1.807) is 13.2 Å². The van der Waals surface area contributed by atoms with Crippen molar-refractivity contribution in [3.05, 3.63) is 42.0 Å². The molecule has 0 spiro atoms. The number of fused-ring (bicyclic) bond motifs is 1. The standard InChI is InChI=1S/C19H21F4N7O/c1-28(9-13-6-14(20)8-24-7-13)10-15-26-17(29-2-4-31-5-3-29)16-18(27-15)30(12-25-16)11-19(21,22)23/h6-8,12H,2-5,9-11H2,1H3. The van der Waals surface area contributed by atoms with Gasteiger partial charge in [0, 0.05) is 25.8 Å². The van der Waals surface area contributed by atoms with Gasteiger partial charge < -0.3 is 14.2 Å². The van der Waals surface area contributed by atoms with Crippen molar-refractivity contribution in [1.82, 2.24) is 29.4 Å². The highest BCUT2D eigenvalue weighted by Crippen LogP contribution is 2.26. The Morgan fingerprint density at radius 2 is 1.90 bits per heavy atom. The van der Waals surface area contributed by atoms with Crippen molar-refractivity contribution < 1.29 is 22.3 Å². The number of ether oxygens (including phenoxy) is 1. The molecule has 0 aromatic carbocycles. The van der Waals surface area contributed by atoms with Gasteiger partial charge in [-0.1, -0.05) is 0 Å². The Balaban J connectivity index is 1.65. The van der Waals surface area contributed by atoms with Crippen molar-refractivity contribution in [3.8, 4) is 0 Å². The Labute approximate surface area is 175 Å². The van der Waals surface area contributed by atoms with Gasteiger partial charge in [0.25, 0.3) is 0 Å². The molecule has 0 aliphatic carbocycles. The predicted molar refractivity (Wildman–Crippen MR) is 104 cm³/mol. The molecule has 12 heteroatoms. The SMILES string of the molecule is CN(Cc1cncc(F)c1)Cc1nc(N2CCOCC2)c2ncn(CC(F)(F)F)c2n1. The van der Waals surface area contributed by atoms with Gasteiger partial charge in [-0.3, -0.25) is 9.88 Å². The number of aromatic nitrogens is 5. The lowest BCUT2D eigenvalue weighted by Gasteiger charge is -2.28. The second-order valence-electron chi connectivity index (χ2n) is 7.41. The van der Waals surface area contributed by atoms with Crippen LogP contribution in [-0.4, -0.2) is 68.9 Å². The molecule has 0 saturated carbocycles. The molecular weight excluding hydrogens is 418 g/mol. The van der Waals surface area contributed by atoms with Gasteiger partial charge in [-0.2, -0.15) is 13.2 Å². The van der Waals surface area contributed by atoms with Crippen LogP contribution < -0.4 is 4.90 Å². The normalized spacial score (nSPS) is 15.2. The molecule has 1 aliphatic heterocycles. The summed E-state index contributed by atoms with van der Waals surface area (Å²) in [6.45, 7) is 1.55. The van der Waals surface area contributed by atoms with E-state index >= 15 is 0 Å². The number of imidazole rings is 1. The monoisotopic (exact) mass is 439 g/mol. The second kappa shape index (κ2) is 8.71. The summed E-state index contributed by atoms with van der Waals surface area (Å²) in [7, 11) is 1.79. The molecule has 3 aromatic heterocycles. The van der Waals surface area contributed by atoms with Crippen molar-refractivity contribution in [2.24, 2.45) is 0 Å². The Bertz CT molecular complexity index is 1050. The largest absolute Gasteiger partial charge is 0.406 e. The fraction of sp³-hybridized carbons (Fsp3) is 0.474.